The van der Waals surface area contributed by atoms with E-state index in [9.17, 15) is 0 Å². The van der Waals surface area contributed by atoms with Gasteiger partial charge in [0.05, 0.1) is 0 Å². The van der Waals surface area contributed by atoms with Gasteiger partial charge in [0, 0.05) is 5.56 Å². The molecule has 0 fully saturated rings. The quantitative estimate of drug-likeness (QED) is 0.418. The lowest BCUT2D eigenvalue weighted by atomic mass is 10.2. The van der Waals surface area contributed by atoms with Crippen molar-refractivity contribution in [3.05, 3.63) is 35.9 Å². The molecule has 1 aromatic carbocycles. The van der Waals surface area contributed by atoms with E-state index in [-0.39, 0.29) is 0 Å². The van der Waals surface area contributed by atoms with E-state index in [4.69, 9.17) is 0 Å². The van der Waals surface area contributed by atoms with Gasteiger partial charge in [-0.25, -0.2) is 0 Å². The van der Waals surface area contributed by atoms with Crippen LogP contribution in [0.4, 0.5) is 0 Å². The Morgan fingerprint density at radius 1 is 1.33 bits per heavy atom. The molecule has 12 heavy (non-hydrogen) atoms. The highest BCUT2D eigenvalue weighted by atomic mass is 28.3. The van der Waals surface area contributed by atoms with E-state index in [1.54, 1.807) is 0 Å². The van der Waals surface area contributed by atoms with Gasteiger partial charge in [0.15, 0.2) is 0 Å². The minimum atomic E-state index is -1.22. The molecule has 0 saturated carbocycles. The number of hydrogen-bond donors (Lipinski definition) is 0. The van der Waals surface area contributed by atoms with Crippen LogP contribution >= 0.6 is 0 Å². The molecular weight excluding hydrogens is 160 g/mol. The Kier molecular flexibility index (Phi) is 2.72. The third-order valence-corrected chi connectivity index (χ3v) is 2.16. The second-order valence-corrected chi connectivity index (χ2v) is 8.54. The smallest absolute Gasteiger partial charge is 0.127 e. The maximum atomic E-state index is 3.31. The van der Waals surface area contributed by atoms with Crippen LogP contribution in [0.3, 0.4) is 0 Å². The van der Waals surface area contributed by atoms with E-state index < -0.39 is 8.07 Å². The van der Waals surface area contributed by atoms with Crippen molar-refractivity contribution in [1.29, 1.82) is 0 Å². The average Bonchev–Trinajstić information content (AvgIpc) is 2.02. The third-order valence-electron chi connectivity index (χ3n) is 1.29. The summed E-state index contributed by atoms with van der Waals surface area (Å²) in [5.41, 5.74) is 4.38. The van der Waals surface area contributed by atoms with Crippen LogP contribution in [0.15, 0.2) is 24.3 Å². The van der Waals surface area contributed by atoms with Crippen LogP contribution in [-0.2, 0) is 0 Å². The van der Waals surface area contributed by atoms with Crippen molar-refractivity contribution < 1.29 is 0 Å². The number of hydrogen-bond acceptors (Lipinski definition) is 0. The number of rotatable bonds is 0. The average molecular weight is 173 g/mol. The van der Waals surface area contributed by atoms with Crippen molar-refractivity contribution in [2.45, 2.75) is 19.6 Å². The monoisotopic (exact) mass is 173 g/mol. The molecule has 0 aliphatic heterocycles. The highest BCUT2D eigenvalue weighted by molar-refractivity contribution is 6.83. The fourth-order valence-electron chi connectivity index (χ4n) is 0.731. The normalized spacial score (nSPS) is 10.2. The molecular formula is C11H13Si. The van der Waals surface area contributed by atoms with Gasteiger partial charge in [0.2, 0.25) is 0 Å². The Labute approximate surface area is 75.6 Å². The van der Waals surface area contributed by atoms with Gasteiger partial charge in [-0.05, 0) is 18.2 Å². The van der Waals surface area contributed by atoms with Crippen molar-refractivity contribution in [2.24, 2.45) is 0 Å². The van der Waals surface area contributed by atoms with E-state index in [0.717, 1.165) is 5.56 Å². The van der Waals surface area contributed by atoms with Crippen LogP contribution in [0.25, 0.3) is 0 Å². The largest absolute Gasteiger partial charge is 0.129 e. The minimum absolute atomic E-state index is 1.07. The molecule has 0 aliphatic rings. The number of benzene rings is 1. The van der Waals surface area contributed by atoms with Crippen molar-refractivity contribution in [1.82, 2.24) is 0 Å². The van der Waals surface area contributed by atoms with E-state index in [0.29, 0.717) is 0 Å². The summed E-state index contributed by atoms with van der Waals surface area (Å²) in [5.74, 6) is 3.17. The van der Waals surface area contributed by atoms with E-state index >= 15 is 0 Å². The molecule has 61 valence electrons. The van der Waals surface area contributed by atoms with E-state index in [1.165, 1.54) is 0 Å². The highest BCUT2D eigenvalue weighted by Crippen LogP contribution is 1.99. The van der Waals surface area contributed by atoms with Gasteiger partial charge in [-0.3, -0.25) is 0 Å². The van der Waals surface area contributed by atoms with Crippen LogP contribution in [0.2, 0.25) is 19.6 Å². The van der Waals surface area contributed by atoms with E-state index in [2.05, 4.69) is 37.2 Å². The Bertz CT molecular complexity index is 295. The molecule has 0 amide bonds. The predicted octanol–water partition coefficient (Wildman–Crippen LogP) is 2.72. The van der Waals surface area contributed by atoms with Gasteiger partial charge in [0.1, 0.15) is 8.07 Å². The Hall–Kier alpha value is -1.00. The van der Waals surface area contributed by atoms with Gasteiger partial charge in [-0.2, -0.15) is 0 Å². The zero-order chi connectivity index (χ0) is 9.03. The van der Waals surface area contributed by atoms with Crippen LogP contribution in [0.1, 0.15) is 5.56 Å². The Balaban J connectivity index is 2.81. The van der Waals surface area contributed by atoms with E-state index in [1.807, 2.05) is 24.3 Å². The first-order chi connectivity index (χ1) is 5.58. The molecule has 0 aromatic heterocycles. The molecule has 0 atom stereocenters. The van der Waals surface area contributed by atoms with Crippen LogP contribution < -0.4 is 0 Å². The second-order valence-electron chi connectivity index (χ2n) is 3.79. The second kappa shape index (κ2) is 3.60. The molecule has 1 heteroatoms. The maximum Gasteiger partial charge on any atom is 0.129 e. The zero-order valence-electron chi connectivity index (χ0n) is 7.81. The van der Waals surface area contributed by atoms with Gasteiger partial charge >= 0.3 is 0 Å². The first kappa shape index (κ1) is 9.09. The summed E-state index contributed by atoms with van der Waals surface area (Å²) in [7, 11) is -1.22. The molecule has 0 bridgehead atoms. The fourth-order valence-corrected chi connectivity index (χ4v) is 1.25. The minimum Gasteiger partial charge on any atom is -0.127 e. The predicted molar refractivity (Wildman–Crippen MR) is 55.5 cm³/mol. The highest BCUT2D eigenvalue weighted by Gasteiger charge is 2.06. The summed E-state index contributed by atoms with van der Waals surface area (Å²) in [6.07, 6.45) is 0. The summed E-state index contributed by atoms with van der Waals surface area (Å²) in [4.78, 5) is 0. The van der Waals surface area contributed by atoms with Crippen molar-refractivity contribution >= 4 is 8.07 Å². The standard InChI is InChI=1S/C11H13Si/c1-12(2,3)10-9-11-7-5-4-6-8-11/h4-5,7-8H,1-3H3. The third kappa shape index (κ3) is 3.41. The molecule has 0 spiro atoms. The summed E-state index contributed by atoms with van der Waals surface area (Å²) in [5, 5.41) is 0. The molecule has 0 N–H and O–H groups in total. The lowest BCUT2D eigenvalue weighted by Gasteiger charge is -2.02. The van der Waals surface area contributed by atoms with Crippen molar-refractivity contribution in [3.63, 3.8) is 0 Å². The first-order valence-electron chi connectivity index (χ1n) is 4.07. The molecule has 0 heterocycles. The van der Waals surface area contributed by atoms with Gasteiger partial charge in [-0.15, -0.1) is 5.54 Å². The lowest BCUT2D eigenvalue weighted by molar-refractivity contribution is 1.63. The molecule has 1 rings (SSSR count). The summed E-state index contributed by atoms with van der Waals surface area (Å²) in [6.45, 7) is 6.73. The molecule has 0 unspecified atom stereocenters. The van der Waals surface area contributed by atoms with Gasteiger partial charge in [-0.1, -0.05) is 37.7 Å². The molecule has 1 aromatic rings. The Morgan fingerprint density at radius 3 is 2.58 bits per heavy atom. The van der Waals surface area contributed by atoms with Crippen LogP contribution in [0, 0.1) is 17.5 Å². The van der Waals surface area contributed by atoms with Crippen LogP contribution in [0.5, 0.6) is 0 Å². The zero-order valence-corrected chi connectivity index (χ0v) is 8.81. The SMILES string of the molecule is C[Si](C)(C)C#Cc1c[c]ccc1. The van der Waals surface area contributed by atoms with Gasteiger partial charge < -0.3 is 0 Å². The van der Waals surface area contributed by atoms with Crippen molar-refractivity contribution in [3.8, 4) is 11.5 Å². The van der Waals surface area contributed by atoms with Gasteiger partial charge in [0.25, 0.3) is 0 Å². The molecule has 0 aliphatic carbocycles. The fraction of sp³-hybridized carbons (Fsp3) is 0.273. The lowest BCUT2D eigenvalue weighted by Crippen LogP contribution is -2.16. The maximum absolute atomic E-state index is 3.31. The summed E-state index contributed by atoms with van der Waals surface area (Å²) >= 11 is 0. The molecule has 0 nitrogen and oxygen atoms in total. The van der Waals surface area contributed by atoms with Crippen molar-refractivity contribution in [2.75, 3.05) is 0 Å². The summed E-state index contributed by atoms with van der Waals surface area (Å²) < 4.78 is 0. The molecule has 1 radical (unpaired) electrons. The Morgan fingerprint density at radius 2 is 2.08 bits per heavy atom. The molecule has 0 saturated heterocycles. The first-order valence-corrected chi connectivity index (χ1v) is 7.57. The summed E-state index contributed by atoms with van der Waals surface area (Å²) in [6, 6.07) is 10.8. The topological polar surface area (TPSA) is 0 Å². The van der Waals surface area contributed by atoms with Crippen LogP contribution in [-0.4, -0.2) is 8.07 Å².